The second-order valence-electron chi connectivity index (χ2n) is 4.57. The van der Waals surface area contributed by atoms with Gasteiger partial charge in [0.15, 0.2) is 0 Å². The molecule has 1 heterocycles. The first-order chi connectivity index (χ1) is 6.80. The first-order valence-electron chi connectivity index (χ1n) is 5.38. The molecule has 2 aliphatic rings. The largest absolute Gasteiger partial charge is 0.508 e. The van der Waals surface area contributed by atoms with E-state index in [1.165, 1.54) is 31.2 Å². The Bertz CT molecular complexity index is 367. The Hall–Kier alpha value is -1.18. The fourth-order valence-electron chi connectivity index (χ4n) is 3.00. The van der Waals surface area contributed by atoms with E-state index in [4.69, 9.17) is 0 Å². The summed E-state index contributed by atoms with van der Waals surface area (Å²) >= 11 is 0. The van der Waals surface area contributed by atoms with Crippen LogP contribution in [0, 0.1) is 0 Å². The molecule has 2 nitrogen and oxygen atoms in total. The van der Waals surface area contributed by atoms with Gasteiger partial charge in [0.25, 0.3) is 0 Å². The molecule has 0 aromatic heterocycles. The molecule has 1 aliphatic carbocycles. The predicted octanol–water partition coefficient (Wildman–Crippen LogP) is 2.63. The van der Waals surface area contributed by atoms with Crippen LogP contribution in [0.4, 0.5) is 5.69 Å². The van der Waals surface area contributed by atoms with Crippen molar-refractivity contribution in [1.82, 2.24) is 0 Å². The zero-order valence-electron chi connectivity index (χ0n) is 8.21. The number of phenolic OH excluding ortho intramolecular Hbond substituents is 1. The Morgan fingerprint density at radius 3 is 2.79 bits per heavy atom. The highest BCUT2D eigenvalue weighted by atomic mass is 16.3. The maximum Gasteiger partial charge on any atom is 0.117 e. The van der Waals surface area contributed by atoms with Crippen LogP contribution in [-0.2, 0) is 5.41 Å². The van der Waals surface area contributed by atoms with Crippen molar-refractivity contribution in [3.8, 4) is 5.75 Å². The second kappa shape index (κ2) is 2.66. The molecule has 0 atom stereocenters. The third-order valence-electron chi connectivity index (χ3n) is 3.75. The Kier molecular flexibility index (Phi) is 1.55. The summed E-state index contributed by atoms with van der Waals surface area (Å²) in [6, 6.07) is 5.75. The van der Waals surface area contributed by atoms with Crippen LogP contribution in [0.25, 0.3) is 0 Å². The lowest BCUT2D eigenvalue weighted by Gasteiger charge is -2.22. The minimum Gasteiger partial charge on any atom is -0.508 e. The molecule has 1 fully saturated rings. The number of rotatable bonds is 0. The summed E-state index contributed by atoms with van der Waals surface area (Å²) in [5, 5.41) is 12.8. The van der Waals surface area contributed by atoms with Crippen LogP contribution in [0.15, 0.2) is 18.2 Å². The van der Waals surface area contributed by atoms with E-state index in [0.29, 0.717) is 11.2 Å². The molecule has 1 aromatic rings. The summed E-state index contributed by atoms with van der Waals surface area (Å²) in [5.74, 6) is 0.367. The molecule has 2 N–H and O–H groups in total. The van der Waals surface area contributed by atoms with E-state index >= 15 is 0 Å². The highest BCUT2D eigenvalue weighted by molar-refractivity contribution is 5.63. The summed E-state index contributed by atoms with van der Waals surface area (Å²) in [7, 11) is 0. The van der Waals surface area contributed by atoms with Gasteiger partial charge >= 0.3 is 0 Å². The minimum absolute atomic E-state index is 0.367. The fourth-order valence-corrected chi connectivity index (χ4v) is 3.00. The summed E-state index contributed by atoms with van der Waals surface area (Å²) in [5.41, 5.74) is 2.96. The Morgan fingerprint density at radius 2 is 2.00 bits per heavy atom. The van der Waals surface area contributed by atoms with Gasteiger partial charge in [-0.25, -0.2) is 0 Å². The van der Waals surface area contributed by atoms with Crippen molar-refractivity contribution < 1.29 is 5.11 Å². The van der Waals surface area contributed by atoms with E-state index in [1.807, 2.05) is 12.1 Å². The highest BCUT2D eigenvalue weighted by Gasteiger charge is 2.40. The number of fused-ring (bicyclic) bond motifs is 2. The van der Waals surface area contributed by atoms with Gasteiger partial charge in [0.1, 0.15) is 5.75 Å². The van der Waals surface area contributed by atoms with Gasteiger partial charge in [0.05, 0.1) is 0 Å². The van der Waals surface area contributed by atoms with Gasteiger partial charge in [-0.3, -0.25) is 0 Å². The van der Waals surface area contributed by atoms with Gasteiger partial charge < -0.3 is 10.4 Å². The van der Waals surface area contributed by atoms with E-state index in [-0.39, 0.29) is 0 Å². The number of hydrogen-bond acceptors (Lipinski definition) is 2. The standard InChI is InChI=1S/C12H15NO/c14-9-3-4-10-11(7-9)13-8-12(10)5-1-2-6-12/h3-4,7,13-14H,1-2,5-6,8H2. The topological polar surface area (TPSA) is 32.3 Å². The average Bonchev–Trinajstić information content (AvgIpc) is 2.77. The third kappa shape index (κ3) is 0.969. The molecule has 3 rings (SSSR count). The Labute approximate surface area is 84.0 Å². The lowest BCUT2D eigenvalue weighted by Crippen LogP contribution is -2.23. The zero-order chi connectivity index (χ0) is 9.60. The maximum atomic E-state index is 9.39. The van der Waals surface area contributed by atoms with Crippen LogP contribution in [-0.4, -0.2) is 11.7 Å². The molecule has 0 unspecified atom stereocenters. The van der Waals surface area contributed by atoms with Gasteiger partial charge in [-0.15, -0.1) is 0 Å². The van der Waals surface area contributed by atoms with Crippen molar-refractivity contribution in [1.29, 1.82) is 0 Å². The smallest absolute Gasteiger partial charge is 0.117 e. The first-order valence-corrected chi connectivity index (χ1v) is 5.38. The molecule has 0 saturated heterocycles. The van der Waals surface area contributed by atoms with E-state index in [0.717, 1.165) is 12.2 Å². The van der Waals surface area contributed by atoms with Crippen LogP contribution in [0.2, 0.25) is 0 Å². The summed E-state index contributed by atoms with van der Waals surface area (Å²) in [6.07, 6.45) is 5.31. The number of anilines is 1. The predicted molar refractivity (Wildman–Crippen MR) is 56.7 cm³/mol. The third-order valence-corrected chi connectivity index (χ3v) is 3.75. The average molecular weight is 189 g/mol. The Morgan fingerprint density at radius 1 is 1.21 bits per heavy atom. The fraction of sp³-hybridized carbons (Fsp3) is 0.500. The number of nitrogens with one attached hydrogen (secondary N) is 1. The summed E-state index contributed by atoms with van der Waals surface area (Å²) < 4.78 is 0. The number of phenols is 1. The summed E-state index contributed by atoms with van der Waals surface area (Å²) in [4.78, 5) is 0. The van der Waals surface area contributed by atoms with Gasteiger partial charge in [-0.1, -0.05) is 18.9 Å². The van der Waals surface area contributed by atoms with Crippen LogP contribution in [0.1, 0.15) is 31.2 Å². The molecule has 2 heteroatoms. The molecule has 1 spiro atoms. The van der Waals surface area contributed by atoms with E-state index in [2.05, 4.69) is 11.4 Å². The lowest BCUT2D eigenvalue weighted by atomic mass is 9.81. The highest BCUT2D eigenvalue weighted by Crippen LogP contribution is 2.48. The number of benzene rings is 1. The number of aromatic hydroxyl groups is 1. The number of hydrogen-bond donors (Lipinski definition) is 2. The lowest BCUT2D eigenvalue weighted by molar-refractivity contribution is 0.472. The molecule has 1 saturated carbocycles. The molecule has 1 aliphatic heterocycles. The second-order valence-corrected chi connectivity index (χ2v) is 4.57. The normalized spacial score (nSPS) is 22.3. The molecular formula is C12H15NO. The monoisotopic (exact) mass is 189 g/mol. The van der Waals surface area contributed by atoms with Crippen molar-refractivity contribution in [3.63, 3.8) is 0 Å². The molecular weight excluding hydrogens is 174 g/mol. The molecule has 0 amide bonds. The van der Waals surface area contributed by atoms with Crippen LogP contribution >= 0.6 is 0 Å². The maximum absolute atomic E-state index is 9.39. The molecule has 0 bridgehead atoms. The van der Waals surface area contributed by atoms with Gasteiger partial charge in [-0.2, -0.15) is 0 Å². The first kappa shape index (κ1) is 8.16. The van der Waals surface area contributed by atoms with Crippen LogP contribution in [0.3, 0.4) is 0 Å². The van der Waals surface area contributed by atoms with Crippen molar-refractivity contribution in [2.45, 2.75) is 31.1 Å². The van der Waals surface area contributed by atoms with Crippen LogP contribution in [0.5, 0.6) is 5.75 Å². The van der Waals surface area contributed by atoms with E-state index < -0.39 is 0 Å². The van der Waals surface area contributed by atoms with Gasteiger partial charge in [0, 0.05) is 23.7 Å². The molecule has 14 heavy (non-hydrogen) atoms. The van der Waals surface area contributed by atoms with Gasteiger partial charge in [0.2, 0.25) is 0 Å². The SMILES string of the molecule is Oc1ccc2c(c1)NCC21CCCC1. The quantitative estimate of drug-likeness (QED) is 0.657. The van der Waals surface area contributed by atoms with Crippen molar-refractivity contribution >= 4 is 5.69 Å². The minimum atomic E-state index is 0.367. The Balaban J connectivity index is 2.09. The molecule has 1 aromatic carbocycles. The van der Waals surface area contributed by atoms with E-state index in [1.54, 1.807) is 0 Å². The zero-order valence-corrected chi connectivity index (χ0v) is 8.21. The molecule has 74 valence electrons. The van der Waals surface area contributed by atoms with Crippen LogP contribution < -0.4 is 5.32 Å². The van der Waals surface area contributed by atoms with Crippen molar-refractivity contribution in [3.05, 3.63) is 23.8 Å². The molecule has 0 radical (unpaired) electrons. The van der Waals surface area contributed by atoms with Crippen molar-refractivity contribution in [2.24, 2.45) is 0 Å². The summed E-state index contributed by atoms with van der Waals surface area (Å²) in [6.45, 7) is 1.06. The van der Waals surface area contributed by atoms with E-state index in [9.17, 15) is 5.11 Å². The van der Waals surface area contributed by atoms with Crippen molar-refractivity contribution in [2.75, 3.05) is 11.9 Å². The van der Waals surface area contributed by atoms with Gasteiger partial charge in [-0.05, 0) is 24.5 Å².